The van der Waals surface area contributed by atoms with Crippen LogP contribution in [-0.2, 0) is 9.53 Å². The first-order valence-electron chi connectivity index (χ1n) is 7.04. The van der Waals surface area contributed by atoms with Crippen LogP contribution >= 0.6 is 0 Å². The zero-order valence-electron chi connectivity index (χ0n) is 12.0. The van der Waals surface area contributed by atoms with E-state index >= 15 is 0 Å². The molecule has 0 bridgehead atoms. The lowest BCUT2D eigenvalue weighted by atomic mass is 10.0. The number of nitrogens with zero attached hydrogens (tertiary/aromatic N) is 1. The van der Waals surface area contributed by atoms with Crippen molar-refractivity contribution < 1.29 is 22.7 Å². The van der Waals surface area contributed by atoms with Crippen molar-refractivity contribution in [2.75, 3.05) is 26.3 Å². The SMILES string of the molecule is CCC1CN(C(=O)CCOCC(F)(F)F)C(CC)CN1. The van der Waals surface area contributed by atoms with Gasteiger partial charge in [-0.2, -0.15) is 13.2 Å². The van der Waals surface area contributed by atoms with E-state index in [1.807, 2.05) is 13.8 Å². The van der Waals surface area contributed by atoms with E-state index in [2.05, 4.69) is 10.1 Å². The van der Waals surface area contributed by atoms with Crippen molar-refractivity contribution >= 4 is 5.91 Å². The summed E-state index contributed by atoms with van der Waals surface area (Å²) in [5, 5.41) is 3.37. The third-order valence-corrected chi connectivity index (χ3v) is 3.51. The molecule has 0 spiro atoms. The molecule has 0 aromatic carbocycles. The first kappa shape index (κ1) is 17.2. The maximum Gasteiger partial charge on any atom is 0.411 e. The highest BCUT2D eigenvalue weighted by atomic mass is 19.4. The first-order valence-corrected chi connectivity index (χ1v) is 7.04. The lowest BCUT2D eigenvalue weighted by Gasteiger charge is -2.40. The fourth-order valence-corrected chi connectivity index (χ4v) is 2.30. The Morgan fingerprint density at radius 2 is 2.05 bits per heavy atom. The molecule has 7 heteroatoms. The summed E-state index contributed by atoms with van der Waals surface area (Å²) >= 11 is 0. The number of piperazine rings is 1. The molecule has 4 nitrogen and oxygen atoms in total. The van der Waals surface area contributed by atoms with Gasteiger partial charge in [-0.05, 0) is 12.8 Å². The van der Waals surface area contributed by atoms with E-state index in [0.29, 0.717) is 6.54 Å². The van der Waals surface area contributed by atoms with Crippen LogP contribution in [0.3, 0.4) is 0 Å². The highest BCUT2D eigenvalue weighted by molar-refractivity contribution is 5.76. The molecule has 0 radical (unpaired) electrons. The number of amides is 1. The van der Waals surface area contributed by atoms with Crippen LogP contribution in [0.15, 0.2) is 0 Å². The van der Waals surface area contributed by atoms with Gasteiger partial charge in [-0.25, -0.2) is 0 Å². The van der Waals surface area contributed by atoms with Crippen LogP contribution in [0.5, 0.6) is 0 Å². The fraction of sp³-hybridized carbons (Fsp3) is 0.923. The minimum atomic E-state index is -4.34. The van der Waals surface area contributed by atoms with Gasteiger partial charge in [0.2, 0.25) is 5.91 Å². The number of hydrogen-bond donors (Lipinski definition) is 1. The molecule has 1 saturated heterocycles. The normalized spacial score (nSPS) is 23.9. The lowest BCUT2D eigenvalue weighted by molar-refractivity contribution is -0.175. The summed E-state index contributed by atoms with van der Waals surface area (Å²) in [4.78, 5) is 13.9. The Bertz CT molecular complexity index is 310. The Morgan fingerprint density at radius 3 is 2.60 bits per heavy atom. The Morgan fingerprint density at radius 1 is 1.35 bits per heavy atom. The largest absolute Gasteiger partial charge is 0.411 e. The molecular formula is C13H23F3N2O2. The number of hydrogen-bond acceptors (Lipinski definition) is 3. The van der Waals surface area contributed by atoms with E-state index < -0.39 is 12.8 Å². The van der Waals surface area contributed by atoms with Crippen molar-refractivity contribution in [1.82, 2.24) is 10.2 Å². The topological polar surface area (TPSA) is 41.6 Å². The smallest absolute Gasteiger partial charge is 0.372 e. The number of carbonyl (C=O) groups excluding carboxylic acids is 1. The van der Waals surface area contributed by atoms with Gasteiger partial charge in [-0.3, -0.25) is 4.79 Å². The Hall–Kier alpha value is -0.820. The molecule has 1 aliphatic heterocycles. The van der Waals surface area contributed by atoms with Gasteiger partial charge in [-0.1, -0.05) is 13.8 Å². The second kappa shape index (κ2) is 7.83. The van der Waals surface area contributed by atoms with Crippen molar-refractivity contribution in [1.29, 1.82) is 0 Å². The molecule has 1 N–H and O–H groups in total. The minimum absolute atomic E-state index is 0.00299. The second-order valence-corrected chi connectivity index (χ2v) is 5.04. The maximum atomic E-state index is 12.1. The van der Waals surface area contributed by atoms with Crippen LogP contribution in [-0.4, -0.2) is 55.4 Å². The summed E-state index contributed by atoms with van der Waals surface area (Å²) in [6.45, 7) is 3.92. The molecule has 20 heavy (non-hydrogen) atoms. The lowest BCUT2D eigenvalue weighted by Crippen LogP contribution is -2.58. The van der Waals surface area contributed by atoms with Gasteiger partial charge >= 0.3 is 6.18 Å². The Balaban J connectivity index is 2.39. The Kier molecular flexibility index (Phi) is 6.75. The number of rotatable bonds is 6. The van der Waals surface area contributed by atoms with Gasteiger partial charge in [0, 0.05) is 25.2 Å². The third kappa shape index (κ3) is 5.66. The van der Waals surface area contributed by atoms with Gasteiger partial charge in [0.1, 0.15) is 6.61 Å². The van der Waals surface area contributed by atoms with Gasteiger partial charge in [0.15, 0.2) is 0 Å². The number of nitrogens with one attached hydrogen (secondary N) is 1. The van der Waals surface area contributed by atoms with E-state index in [4.69, 9.17) is 0 Å². The number of carbonyl (C=O) groups is 1. The van der Waals surface area contributed by atoms with E-state index in [9.17, 15) is 18.0 Å². The number of alkyl halides is 3. The quantitative estimate of drug-likeness (QED) is 0.762. The minimum Gasteiger partial charge on any atom is -0.372 e. The molecule has 0 aromatic rings. The van der Waals surface area contributed by atoms with E-state index in [1.165, 1.54) is 0 Å². The second-order valence-electron chi connectivity index (χ2n) is 5.04. The van der Waals surface area contributed by atoms with Crippen LogP contribution in [0.4, 0.5) is 13.2 Å². The average Bonchev–Trinajstić information content (AvgIpc) is 2.41. The molecule has 1 aliphatic rings. The Labute approximate surface area is 117 Å². The molecule has 1 heterocycles. The fourth-order valence-electron chi connectivity index (χ4n) is 2.30. The summed E-state index contributed by atoms with van der Waals surface area (Å²) in [6.07, 6.45) is -2.58. The molecule has 1 amide bonds. The predicted octanol–water partition coefficient (Wildman–Crippen LogP) is 1.94. The first-order chi connectivity index (χ1) is 9.37. The van der Waals surface area contributed by atoms with Crippen LogP contribution < -0.4 is 5.32 Å². The summed E-state index contributed by atoms with van der Waals surface area (Å²) in [5.41, 5.74) is 0. The highest BCUT2D eigenvalue weighted by Gasteiger charge is 2.30. The summed E-state index contributed by atoms with van der Waals surface area (Å²) in [5.74, 6) is -0.126. The van der Waals surface area contributed by atoms with E-state index in [1.54, 1.807) is 4.90 Å². The molecule has 0 aromatic heterocycles. The molecule has 2 unspecified atom stereocenters. The number of halogens is 3. The highest BCUT2D eigenvalue weighted by Crippen LogP contribution is 2.16. The van der Waals surface area contributed by atoms with Crippen LogP contribution in [0.25, 0.3) is 0 Å². The maximum absolute atomic E-state index is 12.1. The van der Waals surface area contributed by atoms with Crippen LogP contribution in [0.2, 0.25) is 0 Å². The molecule has 118 valence electrons. The average molecular weight is 296 g/mol. The van der Waals surface area contributed by atoms with Gasteiger partial charge < -0.3 is 15.0 Å². The molecule has 0 aliphatic carbocycles. The van der Waals surface area contributed by atoms with Gasteiger partial charge in [0.05, 0.1) is 13.0 Å². The molecule has 0 saturated carbocycles. The molecule has 1 rings (SSSR count). The number of ether oxygens (including phenoxy) is 1. The zero-order chi connectivity index (χ0) is 15.2. The standard InChI is InChI=1S/C13H23F3N2O2/c1-3-10-8-18(11(4-2)7-17-10)12(19)5-6-20-9-13(14,15)16/h10-11,17H,3-9H2,1-2H3. The van der Waals surface area contributed by atoms with Crippen LogP contribution in [0, 0.1) is 0 Å². The van der Waals surface area contributed by atoms with E-state index in [-0.39, 0.29) is 31.0 Å². The molecule has 2 atom stereocenters. The summed E-state index contributed by atoms with van der Waals surface area (Å²) < 4.78 is 40.3. The van der Waals surface area contributed by atoms with Crippen molar-refractivity contribution in [3.8, 4) is 0 Å². The van der Waals surface area contributed by atoms with Gasteiger partial charge in [-0.15, -0.1) is 0 Å². The van der Waals surface area contributed by atoms with Gasteiger partial charge in [0.25, 0.3) is 0 Å². The van der Waals surface area contributed by atoms with E-state index in [0.717, 1.165) is 19.4 Å². The van der Waals surface area contributed by atoms with Crippen molar-refractivity contribution in [2.24, 2.45) is 0 Å². The molecular weight excluding hydrogens is 273 g/mol. The summed E-state index contributed by atoms with van der Waals surface area (Å²) in [7, 11) is 0. The third-order valence-electron chi connectivity index (χ3n) is 3.51. The van der Waals surface area contributed by atoms with Crippen molar-refractivity contribution in [3.05, 3.63) is 0 Å². The van der Waals surface area contributed by atoms with Crippen molar-refractivity contribution in [3.63, 3.8) is 0 Å². The predicted molar refractivity (Wildman–Crippen MR) is 69.4 cm³/mol. The van der Waals surface area contributed by atoms with Crippen molar-refractivity contribution in [2.45, 2.75) is 51.4 Å². The zero-order valence-corrected chi connectivity index (χ0v) is 12.0. The molecule has 1 fully saturated rings. The monoisotopic (exact) mass is 296 g/mol. The summed E-state index contributed by atoms with van der Waals surface area (Å²) in [6, 6.07) is 0.380. The van der Waals surface area contributed by atoms with Crippen LogP contribution in [0.1, 0.15) is 33.1 Å².